The summed E-state index contributed by atoms with van der Waals surface area (Å²) < 4.78 is 4.92. The van der Waals surface area contributed by atoms with Gasteiger partial charge in [-0.1, -0.05) is 0 Å². The van der Waals surface area contributed by atoms with Gasteiger partial charge < -0.3 is 9.84 Å². The van der Waals surface area contributed by atoms with E-state index in [9.17, 15) is 4.79 Å². The van der Waals surface area contributed by atoms with Crippen LogP contribution in [-0.2, 0) is 4.79 Å². The normalized spacial score (nSPS) is 8.38. The maximum absolute atomic E-state index is 10.1. The molecule has 1 rings (SSSR count). The summed E-state index contributed by atoms with van der Waals surface area (Å²) in [7, 11) is 1.48. The lowest BCUT2D eigenvalue weighted by molar-refractivity contribution is -0.130. The van der Waals surface area contributed by atoms with Gasteiger partial charge in [-0.25, -0.2) is 9.78 Å². The summed E-state index contributed by atoms with van der Waals surface area (Å²) in [5.41, 5.74) is 0.326. The molecule has 0 spiro atoms. The molecule has 13 heavy (non-hydrogen) atoms. The summed E-state index contributed by atoms with van der Waals surface area (Å²) in [6.07, 6.45) is 1.52. The highest BCUT2D eigenvalue weighted by Crippen LogP contribution is 2.12. The maximum Gasteiger partial charge on any atom is 0.382 e. The quantitative estimate of drug-likeness (QED) is 0.635. The average Bonchev–Trinajstić information content (AvgIpc) is 2.15. The number of rotatable bonds is 1. The number of aromatic nitrogens is 1. The molecule has 1 aromatic rings. The van der Waals surface area contributed by atoms with Gasteiger partial charge in [-0.05, 0) is 18.1 Å². The highest BCUT2D eigenvalue weighted by atomic mass is 16.5. The van der Waals surface area contributed by atoms with Gasteiger partial charge in [0.25, 0.3) is 0 Å². The van der Waals surface area contributed by atoms with Crippen LogP contribution in [-0.4, -0.2) is 23.2 Å². The minimum absolute atomic E-state index is 0.326. The molecule has 0 unspecified atom stereocenters. The second-order valence-electron chi connectivity index (χ2n) is 2.11. The van der Waals surface area contributed by atoms with Crippen molar-refractivity contribution in [3.63, 3.8) is 0 Å². The summed E-state index contributed by atoms with van der Waals surface area (Å²) in [6.45, 7) is 0. The Morgan fingerprint density at radius 2 is 2.46 bits per heavy atom. The van der Waals surface area contributed by atoms with Gasteiger partial charge in [0, 0.05) is 12.1 Å². The number of carbonyl (C=O) groups is 1. The monoisotopic (exact) mass is 177 g/mol. The average molecular weight is 177 g/mol. The van der Waals surface area contributed by atoms with Crippen LogP contribution in [0.3, 0.4) is 0 Å². The van der Waals surface area contributed by atoms with E-state index in [0.29, 0.717) is 11.4 Å². The Bertz CT molecular complexity index is 376. The van der Waals surface area contributed by atoms with Crippen LogP contribution in [0.1, 0.15) is 5.69 Å². The highest BCUT2D eigenvalue weighted by Gasteiger charge is 1.98. The predicted octanol–water partition coefficient (Wildman–Crippen LogP) is 0.526. The van der Waals surface area contributed by atoms with Crippen LogP contribution < -0.4 is 4.74 Å². The third-order valence-electron chi connectivity index (χ3n) is 1.28. The van der Waals surface area contributed by atoms with E-state index in [1.165, 1.54) is 13.3 Å². The van der Waals surface area contributed by atoms with Gasteiger partial charge in [-0.3, -0.25) is 0 Å². The molecular formula is C9H7NO3. The summed E-state index contributed by atoms with van der Waals surface area (Å²) in [5, 5.41) is 8.30. The summed E-state index contributed by atoms with van der Waals surface area (Å²) in [6, 6.07) is 3.35. The molecule has 0 fully saturated rings. The van der Waals surface area contributed by atoms with Gasteiger partial charge in [0.1, 0.15) is 0 Å². The lowest BCUT2D eigenvalue weighted by Gasteiger charge is -1.99. The van der Waals surface area contributed by atoms with Crippen molar-refractivity contribution in [1.29, 1.82) is 0 Å². The Morgan fingerprint density at radius 1 is 1.69 bits per heavy atom. The largest absolute Gasteiger partial charge is 0.494 e. The molecule has 0 aromatic carbocycles. The van der Waals surface area contributed by atoms with Crippen LogP contribution in [0.2, 0.25) is 0 Å². The summed E-state index contributed by atoms with van der Waals surface area (Å²) in [4.78, 5) is 14.0. The smallest absolute Gasteiger partial charge is 0.382 e. The first-order valence-electron chi connectivity index (χ1n) is 3.48. The number of carboxylic acids is 1. The molecule has 0 aliphatic rings. The fourth-order valence-corrected chi connectivity index (χ4v) is 0.762. The number of pyridine rings is 1. The van der Waals surface area contributed by atoms with E-state index >= 15 is 0 Å². The van der Waals surface area contributed by atoms with Crippen LogP contribution in [0.4, 0.5) is 0 Å². The van der Waals surface area contributed by atoms with E-state index in [1.54, 1.807) is 12.1 Å². The zero-order valence-corrected chi connectivity index (χ0v) is 6.94. The molecule has 1 heterocycles. The molecule has 1 aromatic heterocycles. The fourth-order valence-electron chi connectivity index (χ4n) is 0.762. The highest BCUT2D eigenvalue weighted by molar-refractivity contribution is 5.87. The van der Waals surface area contributed by atoms with Crippen molar-refractivity contribution in [3.05, 3.63) is 24.0 Å². The van der Waals surface area contributed by atoms with Crippen LogP contribution in [0, 0.1) is 11.8 Å². The Hall–Kier alpha value is -2.02. The number of ether oxygens (including phenoxy) is 1. The topological polar surface area (TPSA) is 59.4 Å². The number of carboxylic acid groups (broad SMARTS) is 1. The number of hydrogen-bond donors (Lipinski definition) is 1. The molecule has 0 atom stereocenters. The first kappa shape index (κ1) is 9.07. The summed E-state index contributed by atoms with van der Waals surface area (Å²) >= 11 is 0. The van der Waals surface area contributed by atoms with E-state index < -0.39 is 5.97 Å². The molecule has 0 aliphatic carbocycles. The Morgan fingerprint density at radius 3 is 3.08 bits per heavy atom. The van der Waals surface area contributed by atoms with E-state index in [-0.39, 0.29) is 0 Å². The minimum Gasteiger partial charge on any atom is -0.494 e. The van der Waals surface area contributed by atoms with E-state index in [1.807, 2.05) is 5.92 Å². The van der Waals surface area contributed by atoms with E-state index in [2.05, 4.69) is 10.9 Å². The standard InChI is InChI=1S/C9H7NO3/c1-13-8-3-2-6-10-7(8)4-5-9(11)12/h2-3,6H,1H3,(H,11,12). The maximum atomic E-state index is 10.1. The molecule has 66 valence electrons. The summed E-state index contributed by atoms with van der Waals surface area (Å²) in [5.74, 6) is 3.62. The Labute approximate surface area is 75.2 Å². The predicted molar refractivity (Wildman–Crippen MR) is 45.3 cm³/mol. The van der Waals surface area contributed by atoms with Crippen molar-refractivity contribution in [2.24, 2.45) is 0 Å². The lowest BCUT2D eigenvalue weighted by atomic mass is 10.3. The van der Waals surface area contributed by atoms with Crippen LogP contribution in [0.25, 0.3) is 0 Å². The molecule has 0 aliphatic heterocycles. The van der Waals surface area contributed by atoms with Gasteiger partial charge in [0.05, 0.1) is 7.11 Å². The lowest BCUT2D eigenvalue weighted by Crippen LogP contribution is -1.92. The van der Waals surface area contributed by atoms with Crippen molar-refractivity contribution in [2.45, 2.75) is 0 Å². The number of aliphatic carboxylic acids is 1. The molecule has 0 amide bonds. The minimum atomic E-state index is -1.19. The SMILES string of the molecule is COc1cccnc1C#CC(=O)O. The van der Waals surface area contributed by atoms with Gasteiger partial charge >= 0.3 is 5.97 Å². The molecule has 0 saturated heterocycles. The van der Waals surface area contributed by atoms with Crippen LogP contribution in [0.15, 0.2) is 18.3 Å². The van der Waals surface area contributed by atoms with Gasteiger partial charge in [-0.2, -0.15) is 0 Å². The zero-order valence-electron chi connectivity index (χ0n) is 6.94. The molecular weight excluding hydrogens is 170 g/mol. The van der Waals surface area contributed by atoms with Gasteiger partial charge in [-0.15, -0.1) is 0 Å². The zero-order chi connectivity index (χ0) is 9.68. The number of hydrogen-bond acceptors (Lipinski definition) is 3. The first-order chi connectivity index (χ1) is 6.24. The van der Waals surface area contributed by atoms with Crippen molar-refractivity contribution in [1.82, 2.24) is 4.98 Å². The molecule has 0 radical (unpaired) electrons. The van der Waals surface area contributed by atoms with Gasteiger partial charge in [0.2, 0.25) is 0 Å². The molecule has 4 heteroatoms. The number of nitrogens with zero attached hydrogens (tertiary/aromatic N) is 1. The first-order valence-corrected chi connectivity index (χ1v) is 3.48. The van der Waals surface area contributed by atoms with E-state index in [4.69, 9.17) is 9.84 Å². The third kappa shape index (κ3) is 2.49. The Kier molecular flexibility index (Phi) is 2.87. The third-order valence-corrected chi connectivity index (χ3v) is 1.28. The second-order valence-corrected chi connectivity index (χ2v) is 2.11. The van der Waals surface area contributed by atoms with Crippen molar-refractivity contribution >= 4 is 5.97 Å². The van der Waals surface area contributed by atoms with Crippen molar-refractivity contribution in [3.8, 4) is 17.6 Å². The van der Waals surface area contributed by atoms with Crippen LogP contribution >= 0.6 is 0 Å². The second kappa shape index (κ2) is 4.12. The number of methoxy groups -OCH3 is 1. The van der Waals surface area contributed by atoms with E-state index in [0.717, 1.165) is 0 Å². The van der Waals surface area contributed by atoms with Crippen LogP contribution in [0.5, 0.6) is 5.75 Å². The Balaban J connectivity index is 3.02. The molecule has 4 nitrogen and oxygen atoms in total. The fraction of sp³-hybridized carbons (Fsp3) is 0.111. The molecule has 0 saturated carbocycles. The van der Waals surface area contributed by atoms with Gasteiger partial charge in [0.15, 0.2) is 11.4 Å². The van der Waals surface area contributed by atoms with Crippen molar-refractivity contribution in [2.75, 3.05) is 7.11 Å². The molecule has 1 N–H and O–H groups in total. The molecule has 0 bridgehead atoms. The van der Waals surface area contributed by atoms with Crippen molar-refractivity contribution < 1.29 is 14.6 Å².